The molecule has 2 heteroatoms. The summed E-state index contributed by atoms with van der Waals surface area (Å²) in [5.41, 5.74) is 16.4. The Morgan fingerprint density at radius 1 is 0.286 bits per heavy atom. The lowest BCUT2D eigenvalue weighted by molar-refractivity contribution is 1.18. The van der Waals surface area contributed by atoms with Gasteiger partial charge in [-0.05, 0) is 105 Å². The zero-order valence-electron chi connectivity index (χ0n) is 30.8. The van der Waals surface area contributed by atoms with Crippen molar-refractivity contribution in [3.8, 4) is 50.2 Å². The van der Waals surface area contributed by atoms with Crippen LogP contribution in [0.5, 0.6) is 0 Å². The van der Waals surface area contributed by atoms with Gasteiger partial charge in [-0.15, -0.1) is 0 Å². The molecule has 10 aromatic rings. The molecule has 0 amide bonds. The Morgan fingerprint density at radius 2 is 0.714 bits per heavy atom. The molecular weight excluding hydrogens is 677 g/mol. The summed E-state index contributed by atoms with van der Waals surface area (Å²) >= 11 is 0. The molecule has 0 fully saturated rings. The van der Waals surface area contributed by atoms with E-state index in [1.165, 1.54) is 66.3 Å². The van der Waals surface area contributed by atoms with Crippen molar-refractivity contribution in [2.45, 2.75) is 0 Å². The monoisotopic (exact) mass is 714 g/mol. The topological polar surface area (TPSA) is 8.17 Å². The van der Waals surface area contributed by atoms with Gasteiger partial charge in [0.25, 0.3) is 0 Å². The van der Waals surface area contributed by atoms with E-state index in [4.69, 9.17) is 0 Å². The normalized spacial score (nSPS) is 11.2. The number of hydrogen-bond donors (Lipinski definition) is 0. The zero-order chi connectivity index (χ0) is 37.3. The largest absolute Gasteiger partial charge is 0.310 e. The number of aromatic nitrogens is 1. The van der Waals surface area contributed by atoms with Crippen LogP contribution in [0.2, 0.25) is 0 Å². The maximum atomic E-state index is 2.38. The van der Waals surface area contributed by atoms with E-state index in [2.05, 4.69) is 240 Å². The predicted octanol–water partition coefficient (Wildman–Crippen LogP) is 14.9. The number of nitrogens with zero attached hydrogens (tertiary/aromatic N) is 2. The number of rotatable bonds is 8. The lowest BCUT2D eigenvalue weighted by Crippen LogP contribution is -2.10. The molecule has 0 bridgehead atoms. The van der Waals surface area contributed by atoms with Crippen LogP contribution in [0.25, 0.3) is 72.0 Å². The Balaban J connectivity index is 1.07. The molecule has 0 aliphatic carbocycles. The first kappa shape index (κ1) is 33.2. The molecule has 0 radical (unpaired) electrons. The molecule has 10 rings (SSSR count). The second-order valence-corrected chi connectivity index (χ2v) is 14.2. The molecule has 0 aliphatic rings. The van der Waals surface area contributed by atoms with Gasteiger partial charge >= 0.3 is 0 Å². The summed E-state index contributed by atoms with van der Waals surface area (Å²) < 4.78 is 2.38. The fourth-order valence-corrected chi connectivity index (χ4v) is 8.10. The highest BCUT2D eigenvalue weighted by molar-refractivity contribution is 6.16. The minimum atomic E-state index is 1.10. The van der Waals surface area contributed by atoms with Crippen LogP contribution in [0.1, 0.15) is 0 Å². The smallest absolute Gasteiger partial charge is 0.0547 e. The molecule has 0 aliphatic heterocycles. The highest BCUT2D eigenvalue weighted by Crippen LogP contribution is 2.42. The standard InChI is InChI=1S/C54H38N2/c1-4-14-39(15-5-1)41-26-28-42(29-27-41)44-32-36-48(37-33-44)55(47-34-30-43(31-35-47)40-16-6-2-7-17-40)49-21-12-18-45(38-49)50-23-13-25-53-54(50)51-22-10-11-24-52(51)56(53)46-19-8-3-9-20-46/h1-38H. The zero-order valence-corrected chi connectivity index (χ0v) is 30.8. The van der Waals surface area contributed by atoms with E-state index in [9.17, 15) is 0 Å². The SMILES string of the molecule is c1ccc(-c2ccc(-c3ccc(N(c4ccc(-c5ccccc5)cc4)c4cccc(-c5cccc6c5c5ccccc5n6-c5ccccc5)c4)cc3)cc2)cc1. The fraction of sp³-hybridized carbons (Fsp3) is 0. The molecule has 1 aromatic heterocycles. The van der Waals surface area contributed by atoms with E-state index in [-0.39, 0.29) is 0 Å². The molecule has 0 saturated carbocycles. The molecule has 0 N–H and O–H groups in total. The van der Waals surface area contributed by atoms with E-state index >= 15 is 0 Å². The van der Waals surface area contributed by atoms with E-state index in [1.54, 1.807) is 0 Å². The van der Waals surface area contributed by atoms with Crippen molar-refractivity contribution in [2.24, 2.45) is 0 Å². The first-order valence-electron chi connectivity index (χ1n) is 19.2. The van der Waals surface area contributed by atoms with Crippen molar-refractivity contribution in [3.63, 3.8) is 0 Å². The summed E-state index contributed by atoms with van der Waals surface area (Å²) in [6.07, 6.45) is 0. The molecule has 2 nitrogen and oxygen atoms in total. The summed E-state index contributed by atoms with van der Waals surface area (Å²) in [6, 6.07) is 83.0. The van der Waals surface area contributed by atoms with Crippen LogP contribution >= 0.6 is 0 Å². The Kier molecular flexibility index (Phi) is 8.55. The molecule has 264 valence electrons. The number of fused-ring (bicyclic) bond motifs is 3. The highest BCUT2D eigenvalue weighted by Gasteiger charge is 2.18. The van der Waals surface area contributed by atoms with Crippen LogP contribution < -0.4 is 4.90 Å². The first-order valence-corrected chi connectivity index (χ1v) is 19.2. The van der Waals surface area contributed by atoms with Crippen LogP contribution in [0.15, 0.2) is 231 Å². The molecule has 0 spiro atoms. The number of anilines is 3. The third kappa shape index (κ3) is 6.14. The molecule has 9 aromatic carbocycles. The minimum Gasteiger partial charge on any atom is -0.310 e. The van der Waals surface area contributed by atoms with Crippen molar-refractivity contribution in [3.05, 3.63) is 231 Å². The Labute approximate surface area is 327 Å². The second-order valence-electron chi connectivity index (χ2n) is 14.2. The van der Waals surface area contributed by atoms with E-state index in [0.717, 1.165) is 22.7 Å². The van der Waals surface area contributed by atoms with Gasteiger partial charge < -0.3 is 9.47 Å². The third-order valence-corrected chi connectivity index (χ3v) is 10.8. The molecule has 0 atom stereocenters. The van der Waals surface area contributed by atoms with Crippen molar-refractivity contribution < 1.29 is 0 Å². The van der Waals surface area contributed by atoms with E-state index < -0.39 is 0 Å². The van der Waals surface area contributed by atoms with Crippen molar-refractivity contribution in [1.29, 1.82) is 0 Å². The van der Waals surface area contributed by atoms with Gasteiger partial charge in [-0.2, -0.15) is 0 Å². The predicted molar refractivity (Wildman–Crippen MR) is 237 cm³/mol. The average molecular weight is 715 g/mol. The molecule has 56 heavy (non-hydrogen) atoms. The maximum Gasteiger partial charge on any atom is 0.0547 e. The van der Waals surface area contributed by atoms with Gasteiger partial charge in [-0.25, -0.2) is 0 Å². The minimum absolute atomic E-state index is 1.10. The van der Waals surface area contributed by atoms with Gasteiger partial charge in [0.15, 0.2) is 0 Å². The van der Waals surface area contributed by atoms with Crippen LogP contribution in [-0.2, 0) is 0 Å². The van der Waals surface area contributed by atoms with Crippen molar-refractivity contribution in [2.75, 3.05) is 4.90 Å². The van der Waals surface area contributed by atoms with Crippen LogP contribution in [0.4, 0.5) is 17.1 Å². The van der Waals surface area contributed by atoms with E-state index in [1.807, 2.05) is 0 Å². The van der Waals surface area contributed by atoms with Gasteiger partial charge in [0, 0.05) is 33.5 Å². The quantitative estimate of drug-likeness (QED) is 0.152. The van der Waals surface area contributed by atoms with Gasteiger partial charge in [0.05, 0.1) is 11.0 Å². The summed E-state index contributed by atoms with van der Waals surface area (Å²) in [7, 11) is 0. The summed E-state index contributed by atoms with van der Waals surface area (Å²) in [4.78, 5) is 2.37. The Hall–Kier alpha value is -7.42. The maximum absolute atomic E-state index is 2.38. The molecular formula is C54H38N2. The van der Waals surface area contributed by atoms with Gasteiger partial charge in [0.2, 0.25) is 0 Å². The lowest BCUT2D eigenvalue weighted by atomic mass is 9.98. The second kappa shape index (κ2) is 14.4. The highest BCUT2D eigenvalue weighted by atomic mass is 15.1. The molecule has 0 saturated heterocycles. The van der Waals surface area contributed by atoms with Crippen LogP contribution in [0.3, 0.4) is 0 Å². The van der Waals surface area contributed by atoms with Gasteiger partial charge in [-0.3, -0.25) is 0 Å². The number of para-hydroxylation sites is 2. The number of benzene rings is 9. The van der Waals surface area contributed by atoms with Crippen molar-refractivity contribution in [1.82, 2.24) is 4.57 Å². The van der Waals surface area contributed by atoms with E-state index in [0.29, 0.717) is 0 Å². The Bertz CT molecular complexity index is 2910. The third-order valence-electron chi connectivity index (χ3n) is 10.8. The molecule has 0 unspecified atom stereocenters. The Morgan fingerprint density at radius 3 is 1.29 bits per heavy atom. The van der Waals surface area contributed by atoms with Crippen molar-refractivity contribution >= 4 is 38.9 Å². The fourth-order valence-electron chi connectivity index (χ4n) is 8.10. The van der Waals surface area contributed by atoms with Crippen LogP contribution in [-0.4, -0.2) is 4.57 Å². The summed E-state index contributed by atoms with van der Waals surface area (Å²) in [5, 5.41) is 2.50. The van der Waals surface area contributed by atoms with Crippen LogP contribution in [0, 0.1) is 0 Å². The summed E-state index contributed by atoms with van der Waals surface area (Å²) in [5.74, 6) is 0. The lowest BCUT2D eigenvalue weighted by Gasteiger charge is -2.26. The molecule has 1 heterocycles. The van der Waals surface area contributed by atoms with Gasteiger partial charge in [-0.1, -0.05) is 170 Å². The van der Waals surface area contributed by atoms with Gasteiger partial charge in [0.1, 0.15) is 0 Å². The summed E-state index contributed by atoms with van der Waals surface area (Å²) in [6.45, 7) is 0. The average Bonchev–Trinajstić information content (AvgIpc) is 3.63. The first-order chi connectivity index (χ1) is 27.8. The number of hydrogen-bond acceptors (Lipinski definition) is 1.